The van der Waals surface area contributed by atoms with E-state index in [0.29, 0.717) is 25.5 Å². The minimum atomic E-state index is -0.714. The van der Waals surface area contributed by atoms with Gasteiger partial charge in [-0.25, -0.2) is 4.79 Å². The molecule has 0 unspecified atom stereocenters. The number of aryl methyl sites for hydroxylation is 1. The van der Waals surface area contributed by atoms with Gasteiger partial charge in [-0.05, 0) is 63.1 Å². The van der Waals surface area contributed by atoms with Crippen molar-refractivity contribution in [2.45, 2.75) is 64.0 Å². The van der Waals surface area contributed by atoms with Crippen molar-refractivity contribution < 1.29 is 24.2 Å². The molecule has 8 nitrogen and oxygen atoms in total. The van der Waals surface area contributed by atoms with Crippen LogP contribution in [0.25, 0.3) is 11.0 Å². The predicted octanol–water partition coefficient (Wildman–Crippen LogP) is 5.38. The molecule has 1 N–H and O–H groups in total. The smallest absolute Gasteiger partial charge is 0.414 e. The van der Waals surface area contributed by atoms with E-state index in [9.17, 15) is 14.7 Å². The fourth-order valence-electron chi connectivity index (χ4n) is 5.69. The van der Waals surface area contributed by atoms with E-state index in [1.807, 2.05) is 37.3 Å². The van der Waals surface area contributed by atoms with Crippen LogP contribution in [0.1, 0.15) is 56.2 Å². The van der Waals surface area contributed by atoms with Crippen molar-refractivity contribution in [1.82, 2.24) is 9.55 Å². The van der Waals surface area contributed by atoms with Crippen LogP contribution in [0.5, 0.6) is 6.01 Å². The number of nitrogens with zero attached hydrogens (tertiary/aromatic N) is 3. The van der Waals surface area contributed by atoms with Gasteiger partial charge in [-0.1, -0.05) is 30.3 Å². The summed E-state index contributed by atoms with van der Waals surface area (Å²) in [4.78, 5) is 30.8. The standard InChI is InChI=1S/C28H33N3O5/c1-18-8-13-22-23(30(18)28(34)35-2)14-15-24-25(22)29-27(36-17-16-19-6-4-3-5-7-19)31(24)21-11-9-20(10-12-21)26(32)33/h3-7,14-15,18,20-21H,8-13,16-17H2,1-2H3,(H,32,33)/t18-,20-,21-/m0/s1. The molecule has 2 aromatic carbocycles. The van der Waals surface area contributed by atoms with Gasteiger partial charge in [0, 0.05) is 24.1 Å². The molecule has 0 saturated heterocycles. The molecule has 2 aliphatic rings. The monoisotopic (exact) mass is 491 g/mol. The van der Waals surface area contributed by atoms with Crippen molar-refractivity contribution in [3.05, 3.63) is 53.6 Å². The molecule has 3 aromatic rings. The Morgan fingerprint density at radius 3 is 2.50 bits per heavy atom. The Kier molecular flexibility index (Phi) is 6.85. The number of aliphatic carboxylic acids is 1. The largest absolute Gasteiger partial charge is 0.481 e. The molecular formula is C28H33N3O5. The summed E-state index contributed by atoms with van der Waals surface area (Å²) in [5.74, 6) is -1.00. The second-order valence-corrected chi connectivity index (χ2v) is 9.85. The second kappa shape index (κ2) is 10.2. The summed E-state index contributed by atoms with van der Waals surface area (Å²) in [5.41, 5.74) is 4.89. The minimum Gasteiger partial charge on any atom is -0.481 e. The average molecular weight is 492 g/mol. The highest BCUT2D eigenvalue weighted by Gasteiger charge is 2.34. The number of methoxy groups -OCH3 is 1. The van der Waals surface area contributed by atoms with E-state index in [0.717, 1.165) is 54.4 Å². The van der Waals surface area contributed by atoms with Crippen LogP contribution < -0.4 is 9.64 Å². The van der Waals surface area contributed by atoms with E-state index in [1.165, 1.54) is 12.7 Å². The fourth-order valence-corrected chi connectivity index (χ4v) is 5.69. The van der Waals surface area contributed by atoms with Crippen molar-refractivity contribution in [2.75, 3.05) is 18.6 Å². The lowest BCUT2D eigenvalue weighted by Gasteiger charge is -2.34. The van der Waals surface area contributed by atoms with Crippen molar-refractivity contribution in [3.63, 3.8) is 0 Å². The van der Waals surface area contributed by atoms with Crippen LogP contribution in [-0.4, -0.2) is 46.5 Å². The number of benzene rings is 2. The molecule has 1 atom stereocenters. The lowest BCUT2D eigenvalue weighted by Crippen LogP contribution is -2.42. The number of carboxylic acid groups (broad SMARTS) is 1. The van der Waals surface area contributed by atoms with E-state index < -0.39 is 5.97 Å². The molecule has 1 amide bonds. The molecule has 2 heterocycles. The molecule has 8 heteroatoms. The van der Waals surface area contributed by atoms with Crippen molar-refractivity contribution in [2.24, 2.45) is 5.92 Å². The Morgan fingerprint density at radius 2 is 1.81 bits per heavy atom. The highest BCUT2D eigenvalue weighted by atomic mass is 16.5. The SMILES string of the molecule is COC(=O)N1c2ccc3c(nc(OCCc4ccccc4)n3[C@H]3CC[C@H](C(=O)O)CC3)c2CC[C@@H]1C. The number of rotatable bonds is 6. The van der Waals surface area contributed by atoms with Crippen LogP contribution >= 0.6 is 0 Å². The number of carbonyl (C=O) groups excluding carboxylic acids is 1. The van der Waals surface area contributed by atoms with Gasteiger partial charge in [0.25, 0.3) is 6.01 Å². The van der Waals surface area contributed by atoms with Gasteiger partial charge in [-0.2, -0.15) is 4.98 Å². The van der Waals surface area contributed by atoms with Gasteiger partial charge in [0.1, 0.15) is 0 Å². The summed E-state index contributed by atoms with van der Waals surface area (Å²) in [7, 11) is 1.41. The number of amides is 1. The Labute approximate surface area is 210 Å². The Balaban J connectivity index is 1.51. The molecular weight excluding hydrogens is 458 g/mol. The van der Waals surface area contributed by atoms with Gasteiger partial charge in [0.2, 0.25) is 0 Å². The van der Waals surface area contributed by atoms with Crippen LogP contribution in [0.2, 0.25) is 0 Å². The van der Waals surface area contributed by atoms with E-state index >= 15 is 0 Å². The number of aromatic nitrogens is 2. The number of hydrogen-bond acceptors (Lipinski definition) is 5. The molecule has 1 aliphatic heterocycles. The summed E-state index contributed by atoms with van der Waals surface area (Å²) in [6.45, 7) is 2.52. The Bertz CT molecular complexity index is 1250. The summed E-state index contributed by atoms with van der Waals surface area (Å²) in [6, 6.07) is 14.9. The summed E-state index contributed by atoms with van der Waals surface area (Å²) in [6.07, 6.45) is 4.84. The number of anilines is 1. The van der Waals surface area contributed by atoms with Crippen LogP contribution in [0, 0.1) is 5.92 Å². The third kappa shape index (κ3) is 4.52. The zero-order chi connectivity index (χ0) is 25.2. The number of hydrogen-bond donors (Lipinski definition) is 1. The summed E-state index contributed by atoms with van der Waals surface area (Å²) in [5, 5.41) is 9.46. The normalized spacial score (nSPS) is 21.7. The topological polar surface area (TPSA) is 93.9 Å². The molecule has 1 saturated carbocycles. The molecule has 0 spiro atoms. The maximum Gasteiger partial charge on any atom is 0.414 e. The Morgan fingerprint density at radius 1 is 1.06 bits per heavy atom. The van der Waals surface area contributed by atoms with Gasteiger partial charge >= 0.3 is 12.1 Å². The molecule has 1 aromatic heterocycles. The average Bonchev–Trinajstić information content (AvgIpc) is 3.27. The molecule has 36 heavy (non-hydrogen) atoms. The summed E-state index contributed by atoms with van der Waals surface area (Å²) >= 11 is 0. The third-order valence-electron chi connectivity index (χ3n) is 7.67. The zero-order valence-corrected chi connectivity index (χ0v) is 20.9. The molecule has 0 radical (unpaired) electrons. The van der Waals surface area contributed by atoms with Crippen LogP contribution in [0.4, 0.5) is 10.5 Å². The van der Waals surface area contributed by atoms with Gasteiger partial charge < -0.3 is 14.6 Å². The summed E-state index contributed by atoms with van der Waals surface area (Å²) < 4.78 is 13.5. The third-order valence-corrected chi connectivity index (χ3v) is 7.67. The quantitative estimate of drug-likeness (QED) is 0.497. The van der Waals surface area contributed by atoms with Gasteiger partial charge in [-0.3, -0.25) is 14.3 Å². The first-order chi connectivity index (χ1) is 17.5. The molecule has 0 bridgehead atoms. The molecule has 1 fully saturated rings. The molecule has 190 valence electrons. The van der Waals surface area contributed by atoms with Gasteiger partial charge in [0.15, 0.2) is 0 Å². The van der Waals surface area contributed by atoms with Gasteiger partial charge in [-0.15, -0.1) is 0 Å². The minimum absolute atomic E-state index is 0.0392. The zero-order valence-electron chi connectivity index (χ0n) is 20.9. The van der Waals surface area contributed by atoms with Crippen molar-refractivity contribution in [1.29, 1.82) is 0 Å². The van der Waals surface area contributed by atoms with E-state index in [2.05, 4.69) is 16.7 Å². The highest BCUT2D eigenvalue weighted by molar-refractivity contribution is 5.95. The number of imidazole rings is 1. The maximum absolute atomic E-state index is 12.6. The van der Waals surface area contributed by atoms with Crippen LogP contribution in [0.3, 0.4) is 0 Å². The second-order valence-electron chi connectivity index (χ2n) is 9.85. The first-order valence-electron chi connectivity index (χ1n) is 12.8. The number of carboxylic acids is 1. The molecule has 1 aliphatic carbocycles. The van der Waals surface area contributed by atoms with E-state index in [1.54, 1.807) is 4.90 Å². The number of carbonyl (C=O) groups is 2. The first kappa shape index (κ1) is 24.2. The molecule has 5 rings (SSSR count). The van der Waals surface area contributed by atoms with Crippen molar-refractivity contribution >= 4 is 28.8 Å². The van der Waals surface area contributed by atoms with Crippen molar-refractivity contribution in [3.8, 4) is 6.01 Å². The van der Waals surface area contributed by atoms with E-state index in [4.69, 9.17) is 14.5 Å². The maximum atomic E-state index is 12.6. The Hall–Kier alpha value is -3.55. The van der Waals surface area contributed by atoms with E-state index in [-0.39, 0.29) is 24.1 Å². The first-order valence-corrected chi connectivity index (χ1v) is 12.8. The van der Waals surface area contributed by atoms with Crippen LogP contribution in [-0.2, 0) is 22.4 Å². The lowest BCUT2D eigenvalue weighted by molar-refractivity contribution is -0.143. The van der Waals surface area contributed by atoms with Gasteiger partial charge in [0.05, 0.1) is 36.4 Å². The number of fused-ring (bicyclic) bond motifs is 3. The lowest BCUT2D eigenvalue weighted by atomic mass is 9.86. The number of ether oxygens (including phenoxy) is 2. The van der Waals surface area contributed by atoms with Crippen LogP contribution in [0.15, 0.2) is 42.5 Å². The fraction of sp³-hybridized carbons (Fsp3) is 0.464. The predicted molar refractivity (Wildman–Crippen MR) is 137 cm³/mol. The highest BCUT2D eigenvalue weighted by Crippen LogP contribution is 2.42.